The van der Waals surface area contributed by atoms with E-state index in [0.717, 1.165) is 50.1 Å². The predicted molar refractivity (Wildman–Crippen MR) is 215 cm³/mol. The molecule has 0 N–H and O–H groups in total. The van der Waals surface area contributed by atoms with Crippen molar-refractivity contribution in [1.29, 1.82) is 0 Å². The molecule has 0 radical (unpaired) electrons. The van der Waals surface area contributed by atoms with Crippen LogP contribution in [0.15, 0.2) is 65.8 Å². The number of hydrogen-bond acceptors (Lipinski definition) is 4. The molecular weight excluding hydrogens is 846 g/mol. The standard InChI is InChI=1S/C48H49N3O2.Pt/c1-26(2)30-20-31(45-50-43-35-15-14-27(3)29(5)34(35)16-17-48(43,11)53-45)22-33(21-30)52-41-25-40-36(19-28(41)4)37-23-32(46(6,7)8)24-39-42(37)51(40)44-38(47(39,9)10)13-12-18-49-44;/h12-15,18-21,23-24,26,43H,16-17H2,1-11H3;/q-2;+2/t43-,48+;/m1./s1/i16D2;. The van der Waals surface area contributed by atoms with Gasteiger partial charge in [0.15, 0.2) is 0 Å². The molecule has 9 rings (SSSR count). The zero-order valence-corrected chi connectivity index (χ0v) is 35.4. The summed E-state index contributed by atoms with van der Waals surface area (Å²) < 4.78 is 34.0. The van der Waals surface area contributed by atoms with Gasteiger partial charge in [0, 0.05) is 36.9 Å². The monoisotopic (exact) mass is 896 g/mol. The molecular formula is C48H49N3O2Pt. The number of hydrogen-bond donors (Lipinski definition) is 0. The minimum Gasteiger partial charge on any atom is -0.512 e. The molecule has 0 saturated carbocycles. The molecule has 2 atom stereocenters. The van der Waals surface area contributed by atoms with Crippen molar-refractivity contribution in [3.8, 4) is 17.3 Å². The number of aromatic nitrogens is 2. The van der Waals surface area contributed by atoms with E-state index in [4.69, 9.17) is 22.2 Å². The molecule has 0 amide bonds. The van der Waals surface area contributed by atoms with Gasteiger partial charge in [0.2, 0.25) is 0 Å². The molecule has 4 heterocycles. The first-order valence-electron chi connectivity index (χ1n) is 19.9. The number of ether oxygens (including phenoxy) is 2. The quantitative estimate of drug-likeness (QED) is 0.166. The number of aliphatic imine (C=N–C) groups is 1. The molecule has 2 aromatic heterocycles. The second kappa shape index (κ2) is 12.4. The number of fused-ring (bicyclic) bond motifs is 8. The van der Waals surface area contributed by atoms with Crippen molar-refractivity contribution in [3.63, 3.8) is 0 Å². The first-order chi connectivity index (χ1) is 25.8. The average molecular weight is 897 g/mol. The zero-order valence-electron chi connectivity index (χ0n) is 35.1. The molecule has 4 aromatic carbocycles. The van der Waals surface area contributed by atoms with Gasteiger partial charge in [0.05, 0.1) is 0 Å². The van der Waals surface area contributed by atoms with E-state index in [1.54, 1.807) is 0 Å². The SMILES string of the molecule is [2H]C1([2H])C[C@]2(C)OC(c3[c-]c(Oc4[c-]c5c(cc4C)c4cc(C(C)(C)C)cc6c4n5-c4ncccc4C6(C)C)cc(C(C)C)c3)=N[C@@H]2c2ccc(C)c(C)c21.[Pt+2]. The number of nitrogens with zero attached hydrogens (tertiary/aromatic N) is 3. The smallest absolute Gasteiger partial charge is 0.512 e. The minimum absolute atomic E-state index is 0. The fraction of sp³-hybridized carbons (Fsp3) is 0.375. The Hall–Kier alpha value is -4.21. The van der Waals surface area contributed by atoms with Crippen LogP contribution >= 0.6 is 0 Å². The van der Waals surface area contributed by atoms with Crippen molar-refractivity contribution < 1.29 is 33.3 Å². The van der Waals surface area contributed by atoms with Crippen LogP contribution in [0.25, 0.3) is 27.6 Å². The average Bonchev–Trinajstić information content (AvgIpc) is 3.62. The van der Waals surface area contributed by atoms with Crippen LogP contribution in [-0.4, -0.2) is 21.0 Å². The maximum Gasteiger partial charge on any atom is 2.00 e. The molecule has 0 saturated heterocycles. The Morgan fingerprint density at radius 1 is 0.963 bits per heavy atom. The fourth-order valence-electron chi connectivity index (χ4n) is 8.59. The second-order valence-corrected chi connectivity index (χ2v) is 17.6. The van der Waals surface area contributed by atoms with E-state index in [0.29, 0.717) is 23.0 Å². The summed E-state index contributed by atoms with van der Waals surface area (Å²) in [6.45, 7) is 23.9. The number of pyridine rings is 1. The summed E-state index contributed by atoms with van der Waals surface area (Å²) in [6, 6.07) is 26.4. The molecule has 5 nitrogen and oxygen atoms in total. The minimum atomic E-state index is -1.55. The van der Waals surface area contributed by atoms with E-state index in [-0.39, 0.29) is 50.3 Å². The van der Waals surface area contributed by atoms with Crippen molar-refractivity contribution in [1.82, 2.24) is 9.55 Å². The van der Waals surface area contributed by atoms with Gasteiger partial charge in [0.25, 0.3) is 0 Å². The second-order valence-electron chi connectivity index (χ2n) is 17.6. The molecule has 6 heteroatoms. The topological polar surface area (TPSA) is 48.6 Å². The van der Waals surface area contributed by atoms with E-state index in [9.17, 15) is 0 Å². The Balaban J connectivity index is 0.00000441. The maximum absolute atomic E-state index is 9.10. The third-order valence-electron chi connectivity index (χ3n) is 12.1. The van der Waals surface area contributed by atoms with Gasteiger partial charge in [-0.1, -0.05) is 109 Å². The van der Waals surface area contributed by atoms with E-state index in [1.807, 2.05) is 45.2 Å². The largest absolute Gasteiger partial charge is 2.00 e. The van der Waals surface area contributed by atoms with Gasteiger partial charge in [-0.2, -0.15) is 6.07 Å². The summed E-state index contributed by atoms with van der Waals surface area (Å²) in [5.41, 5.74) is 11.2. The number of aryl methyl sites for hydroxylation is 2. The van der Waals surface area contributed by atoms with E-state index >= 15 is 0 Å². The summed E-state index contributed by atoms with van der Waals surface area (Å²) >= 11 is 0. The first kappa shape index (κ1) is 34.3. The van der Waals surface area contributed by atoms with Crippen molar-refractivity contribution in [2.75, 3.05) is 0 Å². The van der Waals surface area contributed by atoms with Crippen molar-refractivity contribution >= 4 is 27.7 Å². The molecule has 0 fully saturated rings. The normalized spacial score (nSPS) is 21.0. The van der Waals surface area contributed by atoms with Gasteiger partial charge in [-0.25, -0.2) is 4.98 Å². The Labute approximate surface area is 337 Å². The van der Waals surface area contributed by atoms with Gasteiger partial charge < -0.3 is 14.0 Å². The van der Waals surface area contributed by atoms with Gasteiger partial charge in [-0.15, -0.1) is 28.6 Å². The van der Waals surface area contributed by atoms with Gasteiger partial charge in [-0.05, 0) is 89.7 Å². The molecule has 0 bridgehead atoms. The zero-order chi connectivity index (χ0) is 39.1. The molecule has 278 valence electrons. The summed E-state index contributed by atoms with van der Waals surface area (Å²) in [6.07, 6.45) is 0.535. The van der Waals surface area contributed by atoms with Crippen LogP contribution in [0, 0.1) is 32.9 Å². The summed E-state index contributed by atoms with van der Waals surface area (Å²) in [4.78, 5) is 10.1. The van der Waals surface area contributed by atoms with Crippen LogP contribution in [0.4, 0.5) is 0 Å². The Bertz CT molecular complexity index is 2670. The first-order valence-corrected chi connectivity index (χ1v) is 18.9. The van der Waals surface area contributed by atoms with Crippen LogP contribution in [0.2, 0.25) is 0 Å². The molecule has 3 aliphatic rings. The molecule has 1 aliphatic carbocycles. The Morgan fingerprint density at radius 2 is 1.74 bits per heavy atom. The van der Waals surface area contributed by atoms with E-state index < -0.39 is 12.0 Å². The molecule has 2 aliphatic heterocycles. The fourth-order valence-corrected chi connectivity index (χ4v) is 8.59. The Morgan fingerprint density at radius 3 is 2.48 bits per heavy atom. The van der Waals surface area contributed by atoms with Crippen LogP contribution in [0.1, 0.15) is 132 Å². The molecule has 6 aromatic rings. The van der Waals surface area contributed by atoms with E-state index in [2.05, 4.69) is 108 Å². The molecule has 54 heavy (non-hydrogen) atoms. The van der Waals surface area contributed by atoms with Crippen LogP contribution in [0.5, 0.6) is 11.5 Å². The number of benzene rings is 4. The van der Waals surface area contributed by atoms with Crippen molar-refractivity contribution in [2.45, 2.75) is 117 Å². The maximum atomic E-state index is 9.10. The van der Waals surface area contributed by atoms with Crippen LogP contribution in [0.3, 0.4) is 0 Å². The summed E-state index contributed by atoms with van der Waals surface area (Å²) in [5, 5.41) is 2.32. The van der Waals surface area contributed by atoms with E-state index in [1.165, 1.54) is 27.6 Å². The predicted octanol–water partition coefficient (Wildman–Crippen LogP) is 11.8. The summed E-state index contributed by atoms with van der Waals surface area (Å²) in [5.74, 6) is 2.77. The third-order valence-corrected chi connectivity index (χ3v) is 12.1. The number of rotatable bonds is 4. The van der Waals surface area contributed by atoms with Crippen LogP contribution in [-0.2, 0) is 43.0 Å². The van der Waals surface area contributed by atoms with Crippen molar-refractivity contribution in [3.05, 3.63) is 129 Å². The van der Waals surface area contributed by atoms with Crippen molar-refractivity contribution in [2.24, 2.45) is 4.99 Å². The van der Waals surface area contributed by atoms with Crippen LogP contribution < -0.4 is 4.74 Å². The Kier molecular flexibility index (Phi) is 7.87. The van der Waals surface area contributed by atoms with Gasteiger partial charge in [0.1, 0.15) is 23.4 Å². The third kappa shape index (κ3) is 5.43. The van der Waals surface area contributed by atoms with Gasteiger partial charge in [-0.3, -0.25) is 4.99 Å². The molecule has 0 unspecified atom stereocenters. The molecule has 0 spiro atoms. The van der Waals surface area contributed by atoms with Gasteiger partial charge >= 0.3 is 21.1 Å². The summed E-state index contributed by atoms with van der Waals surface area (Å²) in [7, 11) is 0.